The maximum absolute atomic E-state index is 13.1. The number of nitrogens with one attached hydrogen (secondary N) is 1. The van der Waals surface area contributed by atoms with Gasteiger partial charge in [-0.1, -0.05) is 18.2 Å². The summed E-state index contributed by atoms with van der Waals surface area (Å²) < 4.78 is 7.10. The molecule has 0 saturated carbocycles. The summed E-state index contributed by atoms with van der Waals surface area (Å²) in [7, 11) is 2.07. The highest BCUT2D eigenvalue weighted by Crippen LogP contribution is 2.38. The molecule has 1 atom stereocenters. The minimum Gasteiger partial charge on any atom is -0.371 e. The molecule has 0 bridgehead atoms. The van der Waals surface area contributed by atoms with E-state index in [0.717, 1.165) is 28.7 Å². The zero-order valence-corrected chi connectivity index (χ0v) is 15.0. The molecule has 4 rings (SSSR count). The molecule has 1 N–H and O–H groups in total. The molecule has 132 valence electrons. The Balaban J connectivity index is 1.76. The van der Waals surface area contributed by atoms with Crippen LogP contribution in [-0.2, 0) is 9.53 Å². The average molecular weight is 359 g/mol. The number of likely N-dealkylation sites (N-methyl/N-ethyl adjacent to an activating group) is 1. The first-order valence-corrected chi connectivity index (χ1v) is 9.32. The average Bonchev–Trinajstić information content (AvgIpc) is 3.00. The van der Waals surface area contributed by atoms with Crippen molar-refractivity contribution in [2.45, 2.75) is 6.10 Å². The van der Waals surface area contributed by atoms with Crippen molar-refractivity contribution in [2.24, 2.45) is 0 Å². The number of thiophene rings is 1. The number of hydrogen-bond acceptors (Lipinski definition) is 5. The van der Waals surface area contributed by atoms with Crippen LogP contribution in [-0.4, -0.2) is 68.0 Å². The molecule has 1 aromatic heterocycles. The van der Waals surface area contributed by atoms with Crippen LogP contribution in [0.2, 0.25) is 0 Å². The van der Waals surface area contributed by atoms with Gasteiger partial charge in [-0.3, -0.25) is 9.59 Å². The monoisotopic (exact) mass is 359 g/mol. The molecule has 0 spiro atoms. The van der Waals surface area contributed by atoms with E-state index in [9.17, 15) is 9.59 Å². The predicted molar refractivity (Wildman–Crippen MR) is 96.9 cm³/mol. The Hall–Kier alpha value is -1.96. The standard InChI is InChI=1S/C18H21N3O3S/c1-20-8-9-24-13(10-20)16-12-4-2-3-5-14(12)25-17(16)18(23)21-7-6-19-15(22)11-21/h2-5,13H,6-11H2,1H3,(H,19,22). The lowest BCUT2D eigenvalue weighted by molar-refractivity contribution is -0.123. The van der Waals surface area contributed by atoms with E-state index < -0.39 is 0 Å². The molecule has 2 aromatic rings. The summed E-state index contributed by atoms with van der Waals surface area (Å²) in [6, 6.07) is 8.07. The molecule has 7 heteroatoms. The maximum atomic E-state index is 13.1. The smallest absolute Gasteiger partial charge is 0.264 e. The van der Waals surface area contributed by atoms with E-state index in [2.05, 4.69) is 23.3 Å². The van der Waals surface area contributed by atoms with Gasteiger partial charge in [0.1, 0.15) is 0 Å². The Labute approximate surface area is 150 Å². The van der Waals surface area contributed by atoms with Crippen molar-refractivity contribution in [3.8, 4) is 0 Å². The van der Waals surface area contributed by atoms with Crippen molar-refractivity contribution in [1.82, 2.24) is 15.1 Å². The molecule has 6 nitrogen and oxygen atoms in total. The molecule has 0 radical (unpaired) electrons. The van der Waals surface area contributed by atoms with Gasteiger partial charge in [0.2, 0.25) is 5.91 Å². The molecule has 1 unspecified atom stereocenters. The number of fused-ring (bicyclic) bond motifs is 1. The third kappa shape index (κ3) is 3.15. The second kappa shape index (κ2) is 6.74. The van der Waals surface area contributed by atoms with Crippen LogP contribution in [0.5, 0.6) is 0 Å². The first-order valence-electron chi connectivity index (χ1n) is 8.51. The van der Waals surface area contributed by atoms with Crippen molar-refractivity contribution in [3.05, 3.63) is 34.7 Å². The largest absolute Gasteiger partial charge is 0.371 e. The lowest BCUT2D eigenvalue weighted by atomic mass is 10.0. The number of ether oxygens (including phenoxy) is 1. The zero-order valence-electron chi connectivity index (χ0n) is 14.2. The van der Waals surface area contributed by atoms with Crippen LogP contribution in [0.4, 0.5) is 0 Å². The Bertz CT molecular complexity index is 819. The number of benzene rings is 1. The van der Waals surface area contributed by atoms with E-state index in [1.165, 1.54) is 11.3 Å². The van der Waals surface area contributed by atoms with Crippen LogP contribution in [0.15, 0.2) is 24.3 Å². The fourth-order valence-electron chi connectivity index (χ4n) is 3.45. The number of morpholine rings is 1. The third-order valence-corrected chi connectivity index (χ3v) is 5.92. The van der Waals surface area contributed by atoms with Gasteiger partial charge in [-0.05, 0) is 18.5 Å². The van der Waals surface area contributed by atoms with Crippen molar-refractivity contribution >= 4 is 33.2 Å². The first-order chi connectivity index (χ1) is 12.1. The molecule has 2 saturated heterocycles. The number of rotatable bonds is 2. The summed E-state index contributed by atoms with van der Waals surface area (Å²) in [5.41, 5.74) is 0.975. The van der Waals surface area contributed by atoms with Crippen LogP contribution >= 0.6 is 11.3 Å². The summed E-state index contributed by atoms with van der Waals surface area (Å²) >= 11 is 1.50. The third-order valence-electron chi connectivity index (χ3n) is 4.75. The summed E-state index contributed by atoms with van der Waals surface area (Å²) in [5.74, 6) is -0.168. The molecule has 0 aliphatic carbocycles. The van der Waals surface area contributed by atoms with E-state index >= 15 is 0 Å². The Kier molecular flexibility index (Phi) is 4.45. The number of amides is 2. The van der Waals surface area contributed by atoms with E-state index in [0.29, 0.717) is 24.6 Å². The zero-order chi connectivity index (χ0) is 17.4. The van der Waals surface area contributed by atoms with Gasteiger partial charge in [0.15, 0.2) is 0 Å². The molecule has 3 heterocycles. The highest BCUT2D eigenvalue weighted by Gasteiger charge is 2.31. The van der Waals surface area contributed by atoms with Crippen LogP contribution in [0.3, 0.4) is 0 Å². The Morgan fingerprint density at radius 2 is 2.16 bits per heavy atom. The van der Waals surface area contributed by atoms with Crippen molar-refractivity contribution in [3.63, 3.8) is 0 Å². The highest BCUT2D eigenvalue weighted by molar-refractivity contribution is 7.21. The molecule has 2 amide bonds. The van der Waals surface area contributed by atoms with Crippen molar-refractivity contribution in [2.75, 3.05) is 46.4 Å². The normalized spacial score (nSPS) is 22.2. The van der Waals surface area contributed by atoms with Crippen LogP contribution < -0.4 is 5.32 Å². The maximum Gasteiger partial charge on any atom is 0.264 e. The summed E-state index contributed by atoms with van der Waals surface area (Å²) in [5, 5.41) is 3.85. The molecule has 2 aliphatic heterocycles. The second-order valence-corrected chi connectivity index (χ2v) is 7.59. The molecule has 1 aromatic carbocycles. The van der Waals surface area contributed by atoms with Gasteiger partial charge in [0.25, 0.3) is 5.91 Å². The van der Waals surface area contributed by atoms with Gasteiger partial charge in [0, 0.05) is 36.4 Å². The van der Waals surface area contributed by atoms with E-state index in [-0.39, 0.29) is 24.5 Å². The van der Waals surface area contributed by atoms with Crippen LogP contribution in [0.25, 0.3) is 10.1 Å². The van der Waals surface area contributed by atoms with E-state index in [4.69, 9.17) is 4.74 Å². The van der Waals surface area contributed by atoms with Gasteiger partial charge in [-0.15, -0.1) is 11.3 Å². The first kappa shape index (κ1) is 16.5. The van der Waals surface area contributed by atoms with Crippen LogP contribution in [0, 0.1) is 0 Å². The minimum atomic E-state index is -0.118. The SMILES string of the molecule is CN1CCOC(c2c(C(=O)N3CCNC(=O)C3)sc3ccccc23)C1. The second-order valence-electron chi connectivity index (χ2n) is 6.54. The molecular formula is C18H21N3O3S. The number of nitrogens with zero attached hydrogens (tertiary/aromatic N) is 2. The minimum absolute atomic E-state index is 0.0668. The number of hydrogen-bond donors (Lipinski definition) is 1. The molecule has 2 aliphatic rings. The molecule has 25 heavy (non-hydrogen) atoms. The quantitative estimate of drug-likeness (QED) is 0.882. The topological polar surface area (TPSA) is 61.9 Å². The summed E-state index contributed by atoms with van der Waals surface area (Å²) in [6.07, 6.45) is -0.118. The number of carbonyl (C=O) groups is 2. The van der Waals surface area contributed by atoms with Gasteiger partial charge >= 0.3 is 0 Å². The highest BCUT2D eigenvalue weighted by atomic mass is 32.1. The molecular weight excluding hydrogens is 338 g/mol. The van der Waals surface area contributed by atoms with Crippen LogP contribution in [0.1, 0.15) is 21.3 Å². The number of carbonyl (C=O) groups excluding carboxylic acids is 2. The van der Waals surface area contributed by atoms with Gasteiger partial charge in [-0.25, -0.2) is 0 Å². The Morgan fingerprint density at radius 3 is 2.96 bits per heavy atom. The van der Waals surface area contributed by atoms with E-state index in [1.54, 1.807) is 4.90 Å². The van der Waals surface area contributed by atoms with Crippen molar-refractivity contribution < 1.29 is 14.3 Å². The fourth-order valence-corrected chi connectivity index (χ4v) is 4.67. The fraction of sp³-hybridized carbons (Fsp3) is 0.444. The predicted octanol–water partition coefficient (Wildman–Crippen LogP) is 1.48. The van der Waals surface area contributed by atoms with Gasteiger partial charge < -0.3 is 19.9 Å². The lowest BCUT2D eigenvalue weighted by Crippen LogP contribution is -2.50. The molecule has 2 fully saturated rings. The van der Waals surface area contributed by atoms with E-state index in [1.807, 2.05) is 18.2 Å². The number of piperazine rings is 1. The van der Waals surface area contributed by atoms with Gasteiger partial charge in [0.05, 0.1) is 24.1 Å². The summed E-state index contributed by atoms with van der Waals surface area (Å²) in [4.78, 5) is 29.4. The van der Waals surface area contributed by atoms with Crippen molar-refractivity contribution in [1.29, 1.82) is 0 Å². The lowest BCUT2D eigenvalue weighted by Gasteiger charge is -2.31. The summed E-state index contributed by atoms with van der Waals surface area (Å²) in [6.45, 7) is 3.50. The Morgan fingerprint density at radius 1 is 1.32 bits per heavy atom. The van der Waals surface area contributed by atoms with Gasteiger partial charge in [-0.2, -0.15) is 0 Å².